The van der Waals surface area contributed by atoms with E-state index in [0.717, 1.165) is 25.3 Å². The Labute approximate surface area is 112 Å². The summed E-state index contributed by atoms with van der Waals surface area (Å²) in [5.74, 6) is -0.681. The fourth-order valence-electron chi connectivity index (χ4n) is 2.51. The van der Waals surface area contributed by atoms with E-state index in [1.807, 2.05) is 0 Å². The highest BCUT2D eigenvalue weighted by Gasteiger charge is 2.11. The van der Waals surface area contributed by atoms with Crippen molar-refractivity contribution in [2.24, 2.45) is 5.73 Å². The first-order chi connectivity index (χ1) is 9.16. The Morgan fingerprint density at radius 1 is 1.16 bits per heavy atom. The average molecular weight is 263 g/mol. The zero-order valence-electron chi connectivity index (χ0n) is 11.2. The van der Waals surface area contributed by atoms with Gasteiger partial charge in [0.15, 0.2) is 0 Å². The minimum atomic E-state index is -0.681. The van der Waals surface area contributed by atoms with E-state index in [9.17, 15) is 9.59 Å². The van der Waals surface area contributed by atoms with Crippen LogP contribution in [0.2, 0.25) is 0 Å². The Balaban J connectivity index is 2.03. The molecule has 5 nitrogen and oxygen atoms in total. The molecule has 0 bridgehead atoms. The standard InChI is InChI=1S/C14H21N3O2/c15-13(18)12-7-6-11(16-14(12)19)10-17-8-4-2-1-3-5-9-17/h6-7H,1-5,8-10H2,(H2,15,18)(H,16,19). The minimum Gasteiger partial charge on any atom is -0.365 e. The van der Waals surface area contributed by atoms with Crippen molar-refractivity contribution >= 4 is 5.91 Å². The summed E-state index contributed by atoms with van der Waals surface area (Å²) in [6, 6.07) is 3.29. The van der Waals surface area contributed by atoms with Gasteiger partial charge in [0.2, 0.25) is 0 Å². The number of carbonyl (C=O) groups excluding carboxylic acids is 1. The molecule has 1 aromatic heterocycles. The zero-order chi connectivity index (χ0) is 13.7. The van der Waals surface area contributed by atoms with E-state index in [2.05, 4.69) is 9.88 Å². The average Bonchev–Trinajstić information content (AvgIpc) is 2.32. The van der Waals surface area contributed by atoms with Gasteiger partial charge >= 0.3 is 0 Å². The first-order valence-electron chi connectivity index (χ1n) is 6.91. The van der Waals surface area contributed by atoms with Gasteiger partial charge in [0.05, 0.1) is 0 Å². The van der Waals surface area contributed by atoms with Crippen molar-refractivity contribution in [2.45, 2.75) is 38.6 Å². The fraction of sp³-hybridized carbons (Fsp3) is 0.571. The second-order valence-electron chi connectivity index (χ2n) is 5.13. The molecule has 1 aliphatic heterocycles. The molecule has 0 spiro atoms. The molecule has 1 aromatic rings. The number of H-pyrrole nitrogens is 1. The number of rotatable bonds is 3. The first-order valence-corrected chi connectivity index (χ1v) is 6.91. The van der Waals surface area contributed by atoms with Gasteiger partial charge in [0.25, 0.3) is 11.5 Å². The van der Waals surface area contributed by atoms with E-state index in [1.54, 1.807) is 6.07 Å². The molecule has 0 unspecified atom stereocenters. The summed E-state index contributed by atoms with van der Waals surface area (Å²) in [7, 11) is 0. The summed E-state index contributed by atoms with van der Waals surface area (Å²) in [6.45, 7) is 2.87. The Morgan fingerprint density at radius 3 is 2.37 bits per heavy atom. The van der Waals surface area contributed by atoms with Gasteiger partial charge in [-0.25, -0.2) is 0 Å². The van der Waals surface area contributed by atoms with Gasteiger partial charge in [0, 0.05) is 12.2 Å². The van der Waals surface area contributed by atoms with Crippen LogP contribution < -0.4 is 11.3 Å². The number of hydrogen-bond donors (Lipinski definition) is 2. The quantitative estimate of drug-likeness (QED) is 0.861. The van der Waals surface area contributed by atoms with Gasteiger partial charge in [-0.1, -0.05) is 19.3 Å². The van der Waals surface area contributed by atoms with Crippen LogP contribution in [0.3, 0.4) is 0 Å². The summed E-state index contributed by atoms with van der Waals surface area (Å²) in [5.41, 5.74) is 5.59. The maximum Gasteiger partial charge on any atom is 0.261 e. The van der Waals surface area contributed by atoms with Gasteiger partial charge in [0.1, 0.15) is 5.56 Å². The molecule has 1 fully saturated rings. The van der Waals surface area contributed by atoms with Crippen LogP contribution in [0.5, 0.6) is 0 Å². The predicted octanol–water partition coefficient (Wildman–Crippen LogP) is 1.24. The van der Waals surface area contributed by atoms with Crippen LogP contribution in [0.15, 0.2) is 16.9 Å². The molecule has 3 N–H and O–H groups in total. The van der Waals surface area contributed by atoms with E-state index in [4.69, 9.17) is 5.73 Å². The first kappa shape index (κ1) is 13.8. The predicted molar refractivity (Wildman–Crippen MR) is 73.9 cm³/mol. The monoisotopic (exact) mass is 263 g/mol. The van der Waals surface area contributed by atoms with Crippen molar-refractivity contribution < 1.29 is 4.79 Å². The minimum absolute atomic E-state index is 0.0245. The normalized spacial score (nSPS) is 17.7. The molecule has 1 aliphatic rings. The third kappa shape index (κ3) is 3.92. The number of nitrogens with two attached hydrogens (primary N) is 1. The lowest BCUT2D eigenvalue weighted by Gasteiger charge is -2.24. The maximum absolute atomic E-state index is 11.7. The van der Waals surface area contributed by atoms with Crippen molar-refractivity contribution in [3.05, 3.63) is 33.7 Å². The van der Waals surface area contributed by atoms with Crippen LogP contribution in [-0.2, 0) is 6.54 Å². The summed E-state index contributed by atoms with van der Waals surface area (Å²) in [5, 5.41) is 0. The van der Waals surface area contributed by atoms with Gasteiger partial charge in [-0.05, 0) is 38.1 Å². The van der Waals surface area contributed by atoms with Crippen LogP contribution in [0, 0.1) is 0 Å². The Morgan fingerprint density at radius 2 is 1.79 bits per heavy atom. The SMILES string of the molecule is NC(=O)c1ccc(CN2CCCCCCC2)[nH]c1=O. The van der Waals surface area contributed by atoms with E-state index in [-0.39, 0.29) is 5.56 Å². The van der Waals surface area contributed by atoms with Gasteiger partial charge in [-0.2, -0.15) is 0 Å². The molecule has 1 amide bonds. The Kier molecular flexibility index (Phi) is 4.74. The van der Waals surface area contributed by atoms with Gasteiger partial charge in [-0.15, -0.1) is 0 Å². The van der Waals surface area contributed by atoms with E-state index < -0.39 is 11.5 Å². The molecule has 2 rings (SSSR count). The Hall–Kier alpha value is -1.62. The molecule has 2 heterocycles. The van der Waals surface area contributed by atoms with Crippen molar-refractivity contribution in [1.82, 2.24) is 9.88 Å². The summed E-state index contributed by atoms with van der Waals surface area (Å²) >= 11 is 0. The van der Waals surface area contributed by atoms with Gasteiger partial charge in [-0.3, -0.25) is 14.5 Å². The lowest BCUT2D eigenvalue weighted by atomic mass is 10.1. The third-order valence-corrected chi connectivity index (χ3v) is 3.58. The molecule has 0 radical (unpaired) electrons. The van der Waals surface area contributed by atoms with Crippen LogP contribution in [0.1, 0.15) is 48.2 Å². The maximum atomic E-state index is 11.7. The number of primary amides is 1. The van der Waals surface area contributed by atoms with Gasteiger partial charge < -0.3 is 10.7 Å². The molecular weight excluding hydrogens is 242 g/mol. The summed E-state index contributed by atoms with van der Waals surface area (Å²) in [6.07, 6.45) is 6.33. The van der Waals surface area contributed by atoms with E-state index >= 15 is 0 Å². The molecule has 104 valence electrons. The molecule has 0 aromatic carbocycles. The number of nitrogens with one attached hydrogen (secondary N) is 1. The molecular formula is C14H21N3O2. The van der Waals surface area contributed by atoms with E-state index in [0.29, 0.717) is 0 Å². The summed E-state index contributed by atoms with van der Waals surface area (Å²) < 4.78 is 0. The van der Waals surface area contributed by atoms with Crippen LogP contribution in [-0.4, -0.2) is 28.9 Å². The molecule has 0 atom stereocenters. The molecule has 19 heavy (non-hydrogen) atoms. The number of aromatic nitrogens is 1. The number of pyridine rings is 1. The Bertz CT molecular complexity index is 488. The molecule has 0 saturated carbocycles. The number of amides is 1. The number of aromatic amines is 1. The number of hydrogen-bond acceptors (Lipinski definition) is 3. The molecule has 5 heteroatoms. The zero-order valence-corrected chi connectivity index (χ0v) is 11.2. The number of nitrogens with zero attached hydrogens (tertiary/aromatic N) is 1. The van der Waals surface area contributed by atoms with Crippen LogP contribution >= 0.6 is 0 Å². The fourth-order valence-corrected chi connectivity index (χ4v) is 2.51. The topological polar surface area (TPSA) is 79.2 Å². The van der Waals surface area contributed by atoms with Crippen LogP contribution in [0.4, 0.5) is 0 Å². The number of likely N-dealkylation sites (tertiary alicyclic amines) is 1. The molecule has 0 aliphatic carbocycles. The second-order valence-corrected chi connectivity index (χ2v) is 5.13. The van der Waals surface area contributed by atoms with Crippen molar-refractivity contribution in [2.75, 3.05) is 13.1 Å². The van der Waals surface area contributed by atoms with Crippen molar-refractivity contribution in [3.8, 4) is 0 Å². The highest BCUT2D eigenvalue weighted by atomic mass is 16.2. The smallest absolute Gasteiger partial charge is 0.261 e. The summed E-state index contributed by atoms with van der Waals surface area (Å²) in [4.78, 5) is 27.8. The van der Waals surface area contributed by atoms with Crippen molar-refractivity contribution in [3.63, 3.8) is 0 Å². The third-order valence-electron chi connectivity index (χ3n) is 3.58. The van der Waals surface area contributed by atoms with Crippen LogP contribution in [0.25, 0.3) is 0 Å². The highest BCUT2D eigenvalue weighted by Crippen LogP contribution is 2.12. The lowest BCUT2D eigenvalue weighted by Crippen LogP contribution is -2.29. The largest absolute Gasteiger partial charge is 0.365 e. The second kappa shape index (κ2) is 6.52. The molecule has 1 saturated heterocycles. The lowest BCUT2D eigenvalue weighted by molar-refractivity contribution is 0.0999. The van der Waals surface area contributed by atoms with Crippen molar-refractivity contribution in [1.29, 1.82) is 0 Å². The number of carbonyl (C=O) groups is 1. The van der Waals surface area contributed by atoms with E-state index in [1.165, 1.54) is 38.2 Å². The highest BCUT2D eigenvalue weighted by molar-refractivity contribution is 5.92.